The molecule has 102 valence electrons. The summed E-state index contributed by atoms with van der Waals surface area (Å²) in [6.07, 6.45) is 2.68. The highest BCUT2D eigenvalue weighted by Gasteiger charge is 2.05. The highest BCUT2D eigenvalue weighted by molar-refractivity contribution is 5.14. The van der Waals surface area contributed by atoms with Gasteiger partial charge in [-0.1, -0.05) is 44.2 Å². The normalized spacial score (nSPS) is 11.1. The molecule has 0 bridgehead atoms. The Morgan fingerprint density at radius 2 is 2.00 bits per heavy atom. The van der Waals surface area contributed by atoms with Crippen LogP contribution in [0.1, 0.15) is 25.2 Å². The summed E-state index contributed by atoms with van der Waals surface area (Å²) in [7, 11) is 0. The van der Waals surface area contributed by atoms with Gasteiger partial charge < -0.3 is 5.32 Å². The zero-order valence-electron chi connectivity index (χ0n) is 11.7. The summed E-state index contributed by atoms with van der Waals surface area (Å²) in [6, 6.07) is 10.5. The average Bonchev–Trinajstić information content (AvgIpc) is 2.82. The molecule has 4 heteroatoms. The fraction of sp³-hybridized carbons (Fsp3) is 0.467. The first-order valence-corrected chi connectivity index (χ1v) is 6.87. The van der Waals surface area contributed by atoms with E-state index in [2.05, 4.69) is 53.5 Å². The second-order valence-electron chi connectivity index (χ2n) is 5.16. The van der Waals surface area contributed by atoms with Gasteiger partial charge in [-0.15, -0.1) is 0 Å². The third-order valence-corrected chi connectivity index (χ3v) is 2.95. The lowest BCUT2D eigenvalue weighted by molar-refractivity contribution is 0.458. The minimum atomic E-state index is 0.588. The van der Waals surface area contributed by atoms with Crippen molar-refractivity contribution in [2.75, 3.05) is 6.54 Å². The van der Waals surface area contributed by atoms with Gasteiger partial charge in [0.25, 0.3) is 0 Å². The number of hydrogen-bond donors (Lipinski definition) is 1. The van der Waals surface area contributed by atoms with Gasteiger partial charge in [-0.3, -0.25) is 0 Å². The van der Waals surface area contributed by atoms with Crippen LogP contribution >= 0.6 is 0 Å². The van der Waals surface area contributed by atoms with Crippen LogP contribution in [0.3, 0.4) is 0 Å². The van der Waals surface area contributed by atoms with Crippen molar-refractivity contribution in [2.45, 2.75) is 33.4 Å². The summed E-state index contributed by atoms with van der Waals surface area (Å²) < 4.78 is 1.99. The zero-order chi connectivity index (χ0) is 13.5. The van der Waals surface area contributed by atoms with Crippen molar-refractivity contribution >= 4 is 0 Å². The predicted molar refractivity (Wildman–Crippen MR) is 76.7 cm³/mol. The predicted octanol–water partition coefficient (Wildman–Crippen LogP) is 2.27. The number of nitrogens with zero attached hydrogens (tertiary/aromatic N) is 3. The van der Waals surface area contributed by atoms with E-state index in [4.69, 9.17) is 0 Å². The molecule has 0 aliphatic carbocycles. The number of nitrogens with one attached hydrogen (secondary N) is 1. The largest absolute Gasteiger partial charge is 0.310 e. The zero-order valence-corrected chi connectivity index (χ0v) is 11.7. The smallest absolute Gasteiger partial charge is 0.140 e. The molecule has 0 saturated carbocycles. The first kappa shape index (κ1) is 13.7. The molecule has 1 heterocycles. The van der Waals surface area contributed by atoms with E-state index in [9.17, 15) is 0 Å². The molecule has 2 rings (SSSR count). The fourth-order valence-electron chi connectivity index (χ4n) is 2.00. The van der Waals surface area contributed by atoms with E-state index in [1.807, 2.05) is 10.7 Å². The van der Waals surface area contributed by atoms with Crippen molar-refractivity contribution in [2.24, 2.45) is 5.92 Å². The van der Waals surface area contributed by atoms with Gasteiger partial charge in [0.05, 0.1) is 6.54 Å². The summed E-state index contributed by atoms with van der Waals surface area (Å²) >= 11 is 0. The first-order valence-electron chi connectivity index (χ1n) is 6.87. The van der Waals surface area contributed by atoms with E-state index in [1.54, 1.807) is 6.33 Å². The van der Waals surface area contributed by atoms with E-state index >= 15 is 0 Å². The minimum absolute atomic E-state index is 0.588. The van der Waals surface area contributed by atoms with Crippen molar-refractivity contribution in [1.82, 2.24) is 20.1 Å². The van der Waals surface area contributed by atoms with Crippen molar-refractivity contribution in [3.05, 3.63) is 48.0 Å². The molecule has 0 aliphatic rings. The first-order chi connectivity index (χ1) is 9.25. The van der Waals surface area contributed by atoms with Crippen LogP contribution in [-0.4, -0.2) is 21.3 Å². The van der Waals surface area contributed by atoms with Crippen LogP contribution in [0.5, 0.6) is 0 Å². The Kier molecular flexibility index (Phi) is 5.10. The molecule has 1 N–H and O–H groups in total. The van der Waals surface area contributed by atoms with Gasteiger partial charge in [-0.25, -0.2) is 9.67 Å². The summed E-state index contributed by atoms with van der Waals surface area (Å²) in [5.41, 5.74) is 1.36. The summed E-state index contributed by atoms with van der Waals surface area (Å²) in [4.78, 5) is 4.30. The lowest BCUT2D eigenvalue weighted by Crippen LogP contribution is -2.21. The molecule has 1 aromatic heterocycles. The Bertz CT molecular complexity index is 476. The number of hydrogen-bond acceptors (Lipinski definition) is 3. The fourth-order valence-corrected chi connectivity index (χ4v) is 2.00. The molecule has 2 aromatic rings. The van der Waals surface area contributed by atoms with Gasteiger partial charge in [-0.2, -0.15) is 5.10 Å². The molecular weight excluding hydrogens is 236 g/mol. The average molecular weight is 258 g/mol. The van der Waals surface area contributed by atoms with Gasteiger partial charge in [0.15, 0.2) is 0 Å². The molecule has 19 heavy (non-hydrogen) atoms. The minimum Gasteiger partial charge on any atom is -0.310 e. The van der Waals surface area contributed by atoms with Crippen LogP contribution in [0.2, 0.25) is 0 Å². The van der Waals surface area contributed by atoms with Gasteiger partial charge in [0, 0.05) is 6.54 Å². The van der Waals surface area contributed by atoms with Gasteiger partial charge in [0.1, 0.15) is 12.2 Å². The van der Waals surface area contributed by atoms with Crippen molar-refractivity contribution in [1.29, 1.82) is 0 Å². The maximum absolute atomic E-state index is 4.30. The molecule has 0 saturated heterocycles. The molecule has 0 fully saturated rings. The highest BCUT2D eigenvalue weighted by Crippen LogP contribution is 2.01. The van der Waals surface area contributed by atoms with Crippen LogP contribution < -0.4 is 5.32 Å². The quantitative estimate of drug-likeness (QED) is 0.775. The Labute approximate surface area is 114 Å². The van der Waals surface area contributed by atoms with E-state index in [1.165, 1.54) is 5.56 Å². The standard InChI is InChI=1S/C15H22N4/c1-13(2)11-19-15(17-12-18-19)10-16-9-8-14-6-4-3-5-7-14/h3-7,12-13,16H,8-11H2,1-2H3. The van der Waals surface area contributed by atoms with Crippen molar-refractivity contribution in [3.8, 4) is 0 Å². The van der Waals surface area contributed by atoms with Crippen LogP contribution in [0.25, 0.3) is 0 Å². The lowest BCUT2D eigenvalue weighted by Gasteiger charge is -2.09. The van der Waals surface area contributed by atoms with Gasteiger partial charge in [-0.05, 0) is 24.4 Å². The highest BCUT2D eigenvalue weighted by atomic mass is 15.3. The molecular formula is C15H22N4. The van der Waals surface area contributed by atoms with Crippen LogP contribution in [0.15, 0.2) is 36.7 Å². The van der Waals surface area contributed by atoms with E-state index in [0.29, 0.717) is 5.92 Å². The summed E-state index contributed by atoms with van der Waals surface area (Å²) in [5.74, 6) is 1.60. The van der Waals surface area contributed by atoms with Gasteiger partial charge in [0.2, 0.25) is 0 Å². The van der Waals surface area contributed by atoms with Gasteiger partial charge >= 0.3 is 0 Å². The summed E-state index contributed by atoms with van der Waals surface area (Å²) in [6.45, 7) is 7.04. The molecule has 0 unspecified atom stereocenters. The third-order valence-electron chi connectivity index (χ3n) is 2.95. The molecule has 1 aromatic carbocycles. The summed E-state index contributed by atoms with van der Waals surface area (Å²) in [5, 5.41) is 7.69. The Morgan fingerprint density at radius 3 is 2.74 bits per heavy atom. The molecule has 0 aliphatic heterocycles. The topological polar surface area (TPSA) is 42.7 Å². The SMILES string of the molecule is CC(C)Cn1ncnc1CNCCc1ccccc1. The molecule has 0 radical (unpaired) electrons. The van der Waals surface area contributed by atoms with E-state index in [0.717, 1.165) is 31.9 Å². The Morgan fingerprint density at radius 1 is 1.21 bits per heavy atom. The number of rotatable bonds is 7. The van der Waals surface area contributed by atoms with E-state index in [-0.39, 0.29) is 0 Å². The lowest BCUT2D eigenvalue weighted by atomic mass is 10.1. The van der Waals surface area contributed by atoms with E-state index < -0.39 is 0 Å². The van der Waals surface area contributed by atoms with Crippen molar-refractivity contribution in [3.63, 3.8) is 0 Å². The Hall–Kier alpha value is -1.68. The van der Waals surface area contributed by atoms with Crippen LogP contribution in [0, 0.1) is 5.92 Å². The maximum atomic E-state index is 4.30. The second-order valence-corrected chi connectivity index (χ2v) is 5.16. The number of aromatic nitrogens is 3. The Balaban J connectivity index is 1.75. The van der Waals surface area contributed by atoms with Crippen LogP contribution in [-0.2, 0) is 19.5 Å². The monoisotopic (exact) mass is 258 g/mol. The molecule has 0 spiro atoms. The number of benzene rings is 1. The third kappa shape index (κ3) is 4.48. The van der Waals surface area contributed by atoms with Crippen molar-refractivity contribution < 1.29 is 0 Å². The second kappa shape index (κ2) is 7.04. The molecule has 0 amide bonds. The maximum Gasteiger partial charge on any atom is 0.140 e. The van der Waals surface area contributed by atoms with Crippen LogP contribution in [0.4, 0.5) is 0 Å². The molecule has 4 nitrogen and oxygen atoms in total. The molecule has 0 atom stereocenters.